The van der Waals surface area contributed by atoms with E-state index in [1.165, 1.54) is 0 Å². The normalized spacial score (nSPS) is 10.9. The second kappa shape index (κ2) is 6.05. The number of rotatable bonds is 4. The van der Waals surface area contributed by atoms with Crippen LogP contribution in [0.1, 0.15) is 5.56 Å². The maximum atomic E-state index is 5.17. The molecule has 4 nitrogen and oxygen atoms in total. The minimum Gasteiger partial charge on any atom is -0.497 e. The van der Waals surface area contributed by atoms with Crippen LogP contribution in [0.25, 0.3) is 10.9 Å². The second-order valence-corrected chi connectivity index (χ2v) is 4.54. The number of nitrogens with one attached hydrogen (secondary N) is 1. The zero-order valence-electron chi connectivity index (χ0n) is 11.7. The van der Waals surface area contributed by atoms with Crippen LogP contribution in [0.2, 0.25) is 0 Å². The number of benzene rings is 2. The molecule has 1 heterocycles. The number of methoxy groups -OCH3 is 1. The highest BCUT2D eigenvalue weighted by atomic mass is 16.5. The molecule has 0 aliphatic heterocycles. The molecular formula is C17H15N3O. The van der Waals surface area contributed by atoms with E-state index in [9.17, 15) is 0 Å². The number of aromatic nitrogens is 1. The van der Waals surface area contributed by atoms with E-state index in [1.54, 1.807) is 13.3 Å². The Morgan fingerprint density at radius 2 is 1.95 bits per heavy atom. The standard InChI is InChI=1S/C17H15N3O/c1-21-15-7-4-5-13(11-15)12-18-20-17-10-9-14-6-2-3-8-16(14)19-17/h2-12H,1H3,(H,19,20)/b18-12+. The van der Waals surface area contributed by atoms with Crippen LogP contribution >= 0.6 is 0 Å². The van der Waals surface area contributed by atoms with E-state index in [2.05, 4.69) is 15.5 Å². The van der Waals surface area contributed by atoms with Gasteiger partial charge in [-0.3, -0.25) is 5.43 Å². The van der Waals surface area contributed by atoms with E-state index in [-0.39, 0.29) is 0 Å². The van der Waals surface area contributed by atoms with E-state index in [0.29, 0.717) is 5.82 Å². The molecule has 0 spiro atoms. The predicted molar refractivity (Wildman–Crippen MR) is 86.0 cm³/mol. The molecule has 2 aromatic carbocycles. The summed E-state index contributed by atoms with van der Waals surface area (Å²) in [5.41, 5.74) is 4.84. The van der Waals surface area contributed by atoms with Crippen molar-refractivity contribution in [2.45, 2.75) is 0 Å². The third-order valence-corrected chi connectivity index (χ3v) is 3.08. The first-order chi connectivity index (χ1) is 10.3. The number of hydrogen-bond donors (Lipinski definition) is 1. The fourth-order valence-electron chi connectivity index (χ4n) is 2.02. The number of para-hydroxylation sites is 1. The first kappa shape index (κ1) is 13.1. The molecule has 0 unspecified atom stereocenters. The summed E-state index contributed by atoms with van der Waals surface area (Å²) in [5.74, 6) is 1.52. The van der Waals surface area contributed by atoms with Crippen molar-refractivity contribution < 1.29 is 4.74 Å². The van der Waals surface area contributed by atoms with Gasteiger partial charge in [-0.1, -0.05) is 30.3 Å². The number of fused-ring (bicyclic) bond motifs is 1. The van der Waals surface area contributed by atoms with Gasteiger partial charge in [0.1, 0.15) is 11.6 Å². The molecule has 0 aliphatic rings. The third-order valence-electron chi connectivity index (χ3n) is 3.08. The van der Waals surface area contributed by atoms with Gasteiger partial charge in [-0.15, -0.1) is 0 Å². The molecule has 3 rings (SSSR count). The molecular weight excluding hydrogens is 262 g/mol. The van der Waals surface area contributed by atoms with Gasteiger partial charge in [0.2, 0.25) is 0 Å². The van der Waals surface area contributed by atoms with Gasteiger partial charge in [0, 0.05) is 5.39 Å². The van der Waals surface area contributed by atoms with Crippen molar-refractivity contribution in [3.63, 3.8) is 0 Å². The van der Waals surface area contributed by atoms with Gasteiger partial charge in [0.25, 0.3) is 0 Å². The van der Waals surface area contributed by atoms with Crippen molar-refractivity contribution in [2.24, 2.45) is 5.10 Å². The van der Waals surface area contributed by atoms with Crippen LogP contribution in [0.3, 0.4) is 0 Å². The highest BCUT2D eigenvalue weighted by Crippen LogP contribution is 2.14. The second-order valence-electron chi connectivity index (χ2n) is 4.54. The Balaban J connectivity index is 1.74. The van der Waals surface area contributed by atoms with Crippen LogP contribution in [0, 0.1) is 0 Å². The van der Waals surface area contributed by atoms with E-state index in [1.807, 2.05) is 60.7 Å². The van der Waals surface area contributed by atoms with Gasteiger partial charge >= 0.3 is 0 Å². The summed E-state index contributed by atoms with van der Waals surface area (Å²) in [5, 5.41) is 5.31. The molecule has 3 aromatic rings. The van der Waals surface area contributed by atoms with Gasteiger partial charge in [-0.2, -0.15) is 5.10 Å². The highest BCUT2D eigenvalue weighted by molar-refractivity contribution is 5.82. The Kier molecular flexibility index (Phi) is 3.78. The molecule has 0 bridgehead atoms. The first-order valence-corrected chi connectivity index (χ1v) is 6.64. The smallest absolute Gasteiger partial charge is 0.146 e. The van der Waals surface area contributed by atoms with E-state index >= 15 is 0 Å². The summed E-state index contributed by atoms with van der Waals surface area (Å²) in [6, 6.07) is 19.6. The Labute approximate surface area is 123 Å². The number of nitrogens with zero attached hydrogens (tertiary/aromatic N) is 2. The van der Waals surface area contributed by atoms with Crippen LogP contribution < -0.4 is 10.2 Å². The summed E-state index contributed by atoms with van der Waals surface area (Å²) < 4.78 is 5.17. The van der Waals surface area contributed by atoms with Crippen molar-refractivity contribution in [2.75, 3.05) is 12.5 Å². The Hall–Kier alpha value is -2.88. The molecule has 0 fully saturated rings. The number of pyridine rings is 1. The van der Waals surface area contributed by atoms with Crippen LogP contribution in [-0.4, -0.2) is 18.3 Å². The minimum absolute atomic E-state index is 0.716. The van der Waals surface area contributed by atoms with Crippen molar-refractivity contribution in [1.29, 1.82) is 0 Å². The fourth-order valence-corrected chi connectivity index (χ4v) is 2.02. The summed E-state index contributed by atoms with van der Waals surface area (Å²) >= 11 is 0. The van der Waals surface area contributed by atoms with Crippen LogP contribution in [-0.2, 0) is 0 Å². The lowest BCUT2D eigenvalue weighted by Gasteiger charge is -2.02. The fraction of sp³-hybridized carbons (Fsp3) is 0.0588. The summed E-state index contributed by atoms with van der Waals surface area (Å²) in [7, 11) is 1.65. The van der Waals surface area contributed by atoms with Gasteiger partial charge in [-0.25, -0.2) is 4.98 Å². The predicted octanol–water partition coefficient (Wildman–Crippen LogP) is 3.69. The maximum absolute atomic E-state index is 5.17. The van der Waals surface area contributed by atoms with Crippen LogP contribution in [0.15, 0.2) is 65.8 Å². The number of hydrazone groups is 1. The largest absolute Gasteiger partial charge is 0.497 e. The van der Waals surface area contributed by atoms with Crippen molar-refractivity contribution in [3.8, 4) is 5.75 Å². The number of hydrogen-bond acceptors (Lipinski definition) is 4. The molecule has 0 radical (unpaired) electrons. The molecule has 104 valence electrons. The zero-order valence-corrected chi connectivity index (χ0v) is 11.7. The summed E-state index contributed by atoms with van der Waals surface area (Å²) in [4.78, 5) is 4.49. The molecule has 21 heavy (non-hydrogen) atoms. The van der Waals surface area contributed by atoms with E-state index in [0.717, 1.165) is 22.2 Å². The van der Waals surface area contributed by atoms with Crippen LogP contribution in [0.5, 0.6) is 5.75 Å². The molecule has 0 saturated carbocycles. The average Bonchev–Trinajstić information content (AvgIpc) is 2.55. The van der Waals surface area contributed by atoms with Crippen molar-refractivity contribution in [1.82, 2.24) is 4.98 Å². The Morgan fingerprint density at radius 1 is 1.05 bits per heavy atom. The van der Waals surface area contributed by atoms with Gasteiger partial charge in [0.15, 0.2) is 0 Å². The zero-order chi connectivity index (χ0) is 14.5. The number of anilines is 1. The summed E-state index contributed by atoms with van der Waals surface area (Å²) in [6.07, 6.45) is 1.74. The molecule has 1 aromatic heterocycles. The van der Waals surface area contributed by atoms with Gasteiger partial charge in [-0.05, 0) is 35.9 Å². The van der Waals surface area contributed by atoms with Crippen LogP contribution in [0.4, 0.5) is 5.82 Å². The molecule has 0 atom stereocenters. The van der Waals surface area contributed by atoms with Crippen molar-refractivity contribution in [3.05, 3.63) is 66.2 Å². The molecule has 0 saturated heterocycles. The first-order valence-electron chi connectivity index (χ1n) is 6.64. The van der Waals surface area contributed by atoms with Crippen molar-refractivity contribution >= 4 is 22.9 Å². The highest BCUT2D eigenvalue weighted by Gasteiger charge is 1.96. The monoisotopic (exact) mass is 277 g/mol. The average molecular weight is 277 g/mol. The molecule has 4 heteroatoms. The van der Waals surface area contributed by atoms with Gasteiger partial charge < -0.3 is 4.74 Å². The lowest BCUT2D eigenvalue weighted by molar-refractivity contribution is 0.415. The Bertz CT molecular complexity index is 784. The summed E-state index contributed by atoms with van der Waals surface area (Å²) in [6.45, 7) is 0. The lowest BCUT2D eigenvalue weighted by Crippen LogP contribution is -1.94. The third kappa shape index (κ3) is 3.17. The number of ether oxygens (including phenoxy) is 1. The molecule has 0 aliphatic carbocycles. The minimum atomic E-state index is 0.716. The lowest BCUT2D eigenvalue weighted by atomic mass is 10.2. The maximum Gasteiger partial charge on any atom is 0.146 e. The van der Waals surface area contributed by atoms with E-state index < -0.39 is 0 Å². The molecule has 0 amide bonds. The van der Waals surface area contributed by atoms with E-state index in [4.69, 9.17) is 4.74 Å². The Morgan fingerprint density at radius 3 is 2.86 bits per heavy atom. The SMILES string of the molecule is COc1cccc(/C=N/Nc2ccc3ccccc3n2)c1. The quantitative estimate of drug-likeness (QED) is 0.584. The molecule has 1 N–H and O–H groups in total. The van der Waals surface area contributed by atoms with Gasteiger partial charge in [0.05, 0.1) is 18.8 Å². The topological polar surface area (TPSA) is 46.5 Å².